The maximum Gasteiger partial charge on any atom is 0.345 e. The number of esters is 2. The van der Waals surface area contributed by atoms with E-state index in [4.69, 9.17) is 0 Å². The summed E-state index contributed by atoms with van der Waals surface area (Å²) >= 11 is 0. The lowest BCUT2D eigenvalue weighted by atomic mass is 10.1. The quantitative estimate of drug-likeness (QED) is 0.628. The second-order valence-electron chi connectivity index (χ2n) is 3.47. The number of carbonyl (C=O) groups is 2. The zero-order valence-corrected chi connectivity index (χ0v) is 9.32. The van der Waals surface area contributed by atoms with Crippen molar-refractivity contribution >= 4 is 11.9 Å². The third kappa shape index (κ3) is 3.08. The molecule has 0 amide bonds. The van der Waals surface area contributed by atoms with Crippen LogP contribution in [0, 0.1) is 0 Å². The zero-order valence-electron chi connectivity index (χ0n) is 9.32. The highest BCUT2D eigenvalue weighted by atomic mass is 16.6. The molecule has 0 bridgehead atoms. The molecule has 1 N–H and O–H groups in total. The fourth-order valence-corrected chi connectivity index (χ4v) is 1.37. The molecular weight excluding hydrogens is 208 g/mol. The van der Waals surface area contributed by atoms with Crippen LogP contribution in [0.25, 0.3) is 0 Å². The number of benzene rings is 1. The summed E-state index contributed by atoms with van der Waals surface area (Å²) in [5.41, 5.74) is 0.956. The molecule has 0 unspecified atom stereocenters. The Balaban J connectivity index is 2.93. The number of aromatic hydroxyl groups is 1. The second-order valence-corrected chi connectivity index (χ2v) is 3.47. The van der Waals surface area contributed by atoms with E-state index >= 15 is 0 Å². The molecule has 86 valence electrons. The number of hydrogen-bond donors (Lipinski definition) is 1. The Morgan fingerprint density at radius 3 is 2.62 bits per heavy atom. The van der Waals surface area contributed by atoms with Crippen LogP contribution in [0.3, 0.4) is 0 Å². The minimum atomic E-state index is -0.690. The highest BCUT2D eigenvalue weighted by molar-refractivity contribution is 5.96. The van der Waals surface area contributed by atoms with Crippen LogP contribution in [0.4, 0.5) is 0 Å². The smallest absolute Gasteiger partial charge is 0.345 e. The summed E-state index contributed by atoms with van der Waals surface area (Å²) in [5.74, 6) is -1.18. The minimum Gasteiger partial charge on any atom is -0.508 e. The Labute approximate surface area is 93.9 Å². The molecule has 0 atom stereocenters. The van der Waals surface area contributed by atoms with E-state index in [0.717, 1.165) is 6.42 Å². The molecule has 0 saturated heterocycles. The van der Waals surface area contributed by atoms with Gasteiger partial charge in [0.2, 0.25) is 0 Å². The molecule has 0 aliphatic carbocycles. The van der Waals surface area contributed by atoms with Gasteiger partial charge >= 0.3 is 11.9 Å². The number of rotatable bonds is 3. The van der Waals surface area contributed by atoms with Crippen LogP contribution >= 0.6 is 0 Å². The van der Waals surface area contributed by atoms with Gasteiger partial charge in [0.1, 0.15) is 5.75 Å². The van der Waals surface area contributed by atoms with Gasteiger partial charge in [-0.1, -0.05) is 13.3 Å². The normalized spacial score (nSPS) is 9.88. The number of phenols is 1. The van der Waals surface area contributed by atoms with Crippen molar-refractivity contribution in [1.82, 2.24) is 0 Å². The van der Waals surface area contributed by atoms with Gasteiger partial charge in [0.05, 0.1) is 5.56 Å². The Morgan fingerprint density at radius 1 is 1.38 bits per heavy atom. The number of carbonyl (C=O) groups excluding carboxylic acids is 2. The molecule has 1 rings (SSSR count). The first-order chi connectivity index (χ1) is 7.54. The molecule has 0 aliphatic heterocycles. The van der Waals surface area contributed by atoms with E-state index in [-0.39, 0.29) is 11.3 Å². The van der Waals surface area contributed by atoms with E-state index in [0.29, 0.717) is 12.0 Å². The van der Waals surface area contributed by atoms with Crippen LogP contribution in [0.5, 0.6) is 5.75 Å². The molecule has 1 aromatic carbocycles. The first-order valence-electron chi connectivity index (χ1n) is 5.09. The van der Waals surface area contributed by atoms with Gasteiger partial charge in [-0.15, -0.1) is 0 Å². The lowest BCUT2D eigenvalue weighted by Gasteiger charge is -2.05. The fourth-order valence-electron chi connectivity index (χ4n) is 1.37. The summed E-state index contributed by atoms with van der Waals surface area (Å²) in [5, 5.41) is 9.51. The van der Waals surface area contributed by atoms with Crippen molar-refractivity contribution in [2.45, 2.75) is 26.7 Å². The molecule has 4 nitrogen and oxygen atoms in total. The van der Waals surface area contributed by atoms with E-state index in [1.807, 2.05) is 6.92 Å². The predicted octanol–water partition coefficient (Wildman–Crippen LogP) is 2.05. The first-order valence-corrected chi connectivity index (χ1v) is 5.09. The summed E-state index contributed by atoms with van der Waals surface area (Å²) < 4.78 is 4.45. The van der Waals surface area contributed by atoms with Crippen molar-refractivity contribution in [2.75, 3.05) is 0 Å². The molecule has 0 aromatic heterocycles. The van der Waals surface area contributed by atoms with Crippen molar-refractivity contribution in [3.8, 4) is 5.75 Å². The van der Waals surface area contributed by atoms with Crippen LogP contribution in [0.2, 0.25) is 0 Å². The molecule has 16 heavy (non-hydrogen) atoms. The number of ether oxygens (including phenoxy) is 1. The Kier molecular flexibility index (Phi) is 4.05. The van der Waals surface area contributed by atoms with Gasteiger partial charge in [0.15, 0.2) is 0 Å². The number of aryl methyl sites for hydroxylation is 1. The number of phenolic OH excluding ortho intramolecular Hbond substituents is 1. The molecule has 1 aromatic rings. The second kappa shape index (κ2) is 5.30. The summed E-state index contributed by atoms with van der Waals surface area (Å²) in [7, 11) is 0. The molecular formula is C12H14O4. The first kappa shape index (κ1) is 12.2. The van der Waals surface area contributed by atoms with E-state index in [9.17, 15) is 14.7 Å². The molecule has 4 heteroatoms. The van der Waals surface area contributed by atoms with Gasteiger partial charge in [-0.05, 0) is 30.2 Å². The Bertz CT molecular complexity index is 409. The van der Waals surface area contributed by atoms with Crippen LogP contribution in [0.1, 0.15) is 36.2 Å². The van der Waals surface area contributed by atoms with Gasteiger partial charge in [-0.3, -0.25) is 4.79 Å². The SMILES string of the molecule is CCCc1cc(C(=O)OC(C)=O)ccc1O. The molecule has 0 spiro atoms. The summed E-state index contributed by atoms with van der Waals surface area (Å²) in [4.78, 5) is 22.0. The van der Waals surface area contributed by atoms with Gasteiger partial charge in [0, 0.05) is 6.92 Å². The maximum atomic E-state index is 11.4. The van der Waals surface area contributed by atoms with Crippen LogP contribution in [-0.4, -0.2) is 17.0 Å². The topological polar surface area (TPSA) is 63.6 Å². The number of hydrogen-bond acceptors (Lipinski definition) is 4. The van der Waals surface area contributed by atoms with Gasteiger partial charge in [-0.25, -0.2) is 4.79 Å². The lowest BCUT2D eigenvalue weighted by Crippen LogP contribution is -2.09. The Morgan fingerprint density at radius 2 is 2.06 bits per heavy atom. The molecule has 0 fully saturated rings. The standard InChI is InChI=1S/C12H14O4/c1-3-4-9-7-10(5-6-11(9)14)12(15)16-8(2)13/h5-7,14H,3-4H2,1-2H3. The molecule has 0 radical (unpaired) electrons. The monoisotopic (exact) mass is 222 g/mol. The maximum absolute atomic E-state index is 11.4. The van der Waals surface area contributed by atoms with Crippen molar-refractivity contribution in [1.29, 1.82) is 0 Å². The predicted molar refractivity (Wildman–Crippen MR) is 58.2 cm³/mol. The van der Waals surface area contributed by atoms with Crippen molar-refractivity contribution < 1.29 is 19.4 Å². The van der Waals surface area contributed by atoms with E-state index in [2.05, 4.69) is 4.74 Å². The van der Waals surface area contributed by atoms with Crippen LogP contribution in [0.15, 0.2) is 18.2 Å². The molecule has 0 aliphatic rings. The summed E-state index contributed by atoms with van der Waals surface area (Å²) in [6.45, 7) is 3.14. The highest BCUT2D eigenvalue weighted by Gasteiger charge is 2.11. The molecule has 0 saturated carbocycles. The summed E-state index contributed by atoms with van der Waals surface area (Å²) in [6, 6.07) is 4.41. The van der Waals surface area contributed by atoms with Gasteiger partial charge < -0.3 is 9.84 Å². The third-order valence-electron chi connectivity index (χ3n) is 2.07. The van der Waals surface area contributed by atoms with E-state index in [1.54, 1.807) is 6.07 Å². The average Bonchev–Trinajstić information content (AvgIpc) is 2.20. The van der Waals surface area contributed by atoms with Crippen molar-refractivity contribution in [3.05, 3.63) is 29.3 Å². The third-order valence-corrected chi connectivity index (χ3v) is 2.07. The largest absolute Gasteiger partial charge is 0.508 e. The van der Waals surface area contributed by atoms with Gasteiger partial charge in [0.25, 0.3) is 0 Å². The highest BCUT2D eigenvalue weighted by Crippen LogP contribution is 2.20. The fraction of sp³-hybridized carbons (Fsp3) is 0.333. The average molecular weight is 222 g/mol. The Hall–Kier alpha value is -1.84. The zero-order chi connectivity index (χ0) is 12.1. The van der Waals surface area contributed by atoms with Crippen molar-refractivity contribution in [3.63, 3.8) is 0 Å². The molecule has 0 heterocycles. The van der Waals surface area contributed by atoms with Gasteiger partial charge in [-0.2, -0.15) is 0 Å². The van der Waals surface area contributed by atoms with E-state index in [1.165, 1.54) is 19.1 Å². The van der Waals surface area contributed by atoms with Crippen LogP contribution in [-0.2, 0) is 16.0 Å². The lowest BCUT2D eigenvalue weighted by molar-refractivity contribution is -0.135. The summed E-state index contributed by atoms with van der Waals surface area (Å²) in [6.07, 6.45) is 1.53. The van der Waals surface area contributed by atoms with Crippen molar-refractivity contribution in [2.24, 2.45) is 0 Å². The van der Waals surface area contributed by atoms with E-state index < -0.39 is 11.9 Å². The minimum absolute atomic E-state index is 0.154. The van der Waals surface area contributed by atoms with Crippen LogP contribution < -0.4 is 0 Å².